The van der Waals surface area contributed by atoms with Gasteiger partial charge in [-0.2, -0.15) is 0 Å². The van der Waals surface area contributed by atoms with Gasteiger partial charge >= 0.3 is 0 Å². The molecular weight excluding hydrogens is 278 g/mol. The Balaban J connectivity index is 1.88. The van der Waals surface area contributed by atoms with Crippen LogP contribution >= 0.6 is 0 Å². The molecule has 6 nitrogen and oxygen atoms in total. The van der Waals surface area contributed by atoms with Gasteiger partial charge in [-0.05, 0) is 25.3 Å². The van der Waals surface area contributed by atoms with Gasteiger partial charge in [-0.3, -0.25) is 0 Å². The van der Waals surface area contributed by atoms with Crippen LogP contribution in [0.1, 0.15) is 24.9 Å². The van der Waals surface area contributed by atoms with Gasteiger partial charge in [0, 0.05) is 0 Å². The van der Waals surface area contributed by atoms with Crippen LogP contribution in [0.4, 0.5) is 5.82 Å². The molecule has 0 aliphatic heterocycles. The molecule has 0 aliphatic carbocycles. The van der Waals surface area contributed by atoms with E-state index in [4.69, 9.17) is 5.73 Å². The predicted octanol–water partition coefficient (Wildman–Crippen LogP) is 1.96. The van der Waals surface area contributed by atoms with Gasteiger partial charge in [-0.15, -0.1) is 0 Å². The van der Waals surface area contributed by atoms with Crippen molar-refractivity contribution in [1.29, 1.82) is 0 Å². The number of aliphatic hydroxyl groups excluding tert-OH is 1. The third kappa shape index (κ3) is 2.78. The summed E-state index contributed by atoms with van der Waals surface area (Å²) in [7, 11) is 0. The van der Waals surface area contributed by atoms with Crippen LogP contribution in [0.2, 0.25) is 0 Å². The quantitative estimate of drug-likeness (QED) is 0.751. The molecule has 0 bridgehead atoms. The van der Waals surface area contributed by atoms with Crippen molar-refractivity contribution in [3.8, 4) is 0 Å². The number of nitrogens with zero attached hydrogens (tertiary/aromatic N) is 4. The molecule has 0 amide bonds. The summed E-state index contributed by atoms with van der Waals surface area (Å²) >= 11 is 0. The molecule has 1 aromatic carbocycles. The Bertz CT molecular complexity index is 754. The lowest BCUT2D eigenvalue weighted by Gasteiger charge is -2.22. The second-order valence-corrected chi connectivity index (χ2v) is 5.42. The van der Waals surface area contributed by atoms with Crippen molar-refractivity contribution in [2.75, 3.05) is 5.73 Å². The summed E-state index contributed by atoms with van der Waals surface area (Å²) < 4.78 is 1.89. The van der Waals surface area contributed by atoms with E-state index in [9.17, 15) is 5.11 Å². The molecule has 0 saturated carbocycles. The fraction of sp³-hybridized carbons (Fsp3) is 0.312. The molecule has 2 aromatic heterocycles. The highest BCUT2D eigenvalue weighted by atomic mass is 16.3. The number of nitrogens with two attached hydrogens (primary N) is 1. The molecule has 3 N–H and O–H groups in total. The maximum Gasteiger partial charge on any atom is 0.165 e. The fourth-order valence-electron chi connectivity index (χ4n) is 2.68. The molecule has 3 rings (SSSR count). The number of aliphatic hydroxyl groups is 1. The molecule has 0 radical (unpaired) electrons. The van der Waals surface area contributed by atoms with Crippen molar-refractivity contribution >= 4 is 17.0 Å². The number of rotatable bonds is 5. The molecule has 2 atom stereocenters. The summed E-state index contributed by atoms with van der Waals surface area (Å²) in [5.41, 5.74) is 8.30. The number of benzene rings is 1. The van der Waals surface area contributed by atoms with Crippen molar-refractivity contribution in [3.05, 3.63) is 48.5 Å². The largest absolute Gasteiger partial charge is 0.391 e. The lowest BCUT2D eigenvalue weighted by atomic mass is 10.0. The molecule has 3 aromatic rings. The molecule has 0 unspecified atom stereocenters. The zero-order valence-electron chi connectivity index (χ0n) is 12.4. The topological polar surface area (TPSA) is 89.8 Å². The van der Waals surface area contributed by atoms with Gasteiger partial charge in [0.25, 0.3) is 0 Å². The van der Waals surface area contributed by atoms with E-state index in [1.165, 1.54) is 11.9 Å². The number of aryl methyl sites for hydroxylation is 1. The number of aromatic nitrogens is 4. The van der Waals surface area contributed by atoms with Crippen LogP contribution in [-0.2, 0) is 6.42 Å². The number of anilines is 1. The third-order valence-electron chi connectivity index (χ3n) is 3.87. The van der Waals surface area contributed by atoms with E-state index in [2.05, 4.69) is 27.1 Å². The minimum Gasteiger partial charge on any atom is -0.391 e. The summed E-state index contributed by atoms with van der Waals surface area (Å²) in [5.74, 6) is 0.358. The second-order valence-electron chi connectivity index (χ2n) is 5.42. The molecular formula is C16H19N5O. The minimum atomic E-state index is -0.516. The number of nitrogen functional groups attached to an aromatic ring is 1. The Morgan fingerprint density at radius 1 is 1.18 bits per heavy atom. The Kier molecular flexibility index (Phi) is 4.02. The first kappa shape index (κ1) is 14.5. The van der Waals surface area contributed by atoms with E-state index in [-0.39, 0.29) is 6.04 Å². The standard InChI is InChI=1S/C16H19N5O/c1-11(22)13(8-7-12-5-3-2-4-6-12)21-10-20-14-15(17)18-9-19-16(14)21/h2-6,9-11,13,22H,7-8H2,1H3,(H2,17,18,19)/t11-,13+/m0/s1. The van der Waals surface area contributed by atoms with E-state index >= 15 is 0 Å². The molecule has 6 heteroatoms. The Hall–Kier alpha value is -2.47. The summed E-state index contributed by atoms with van der Waals surface area (Å²) in [6.07, 6.45) is 4.25. The van der Waals surface area contributed by atoms with Crippen LogP contribution < -0.4 is 5.73 Å². The maximum absolute atomic E-state index is 10.2. The van der Waals surface area contributed by atoms with E-state index in [0.29, 0.717) is 17.0 Å². The van der Waals surface area contributed by atoms with Gasteiger partial charge in [0.2, 0.25) is 0 Å². The normalized spacial score (nSPS) is 14.1. The Morgan fingerprint density at radius 3 is 2.68 bits per heavy atom. The third-order valence-corrected chi connectivity index (χ3v) is 3.87. The van der Waals surface area contributed by atoms with E-state index in [0.717, 1.165) is 12.8 Å². The maximum atomic E-state index is 10.2. The first-order valence-electron chi connectivity index (χ1n) is 7.32. The number of hydrogen-bond acceptors (Lipinski definition) is 5. The smallest absolute Gasteiger partial charge is 0.165 e. The lowest BCUT2D eigenvalue weighted by Crippen LogP contribution is -2.22. The van der Waals surface area contributed by atoms with Gasteiger partial charge in [0.05, 0.1) is 18.5 Å². The first-order chi connectivity index (χ1) is 10.7. The van der Waals surface area contributed by atoms with Gasteiger partial charge in [-0.25, -0.2) is 15.0 Å². The van der Waals surface area contributed by atoms with Crippen molar-refractivity contribution in [3.63, 3.8) is 0 Å². The number of hydrogen-bond donors (Lipinski definition) is 2. The van der Waals surface area contributed by atoms with E-state index < -0.39 is 6.10 Å². The van der Waals surface area contributed by atoms with Crippen LogP contribution in [0.25, 0.3) is 11.2 Å². The Morgan fingerprint density at radius 2 is 1.95 bits per heavy atom. The summed E-state index contributed by atoms with van der Waals surface area (Å²) in [6.45, 7) is 1.78. The zero-order valence-corrected chi connectivity index (χ0v) is 12.4. The molecule has 0 fully saturated rings. The van der Waals surface area contributed by atoms with Crippen molar-refractivity contribution in [1.82, 2.24) is 19.5 Å². The van der Waals surface area contributed by atoms with Crippen LogP contribution in [0.15, 0.2) is 43.0 Å². The molecule has 0 spiro atoms. The first-order valence-corrected chi connectivity index (χ1v) is 7.32. The average Bonchev–Trinajstić information content (AvgIpc) is 2.94. The monoisotopic (exact) mass is 297 g/mol. The summed E-state index contributed by atoms with van der Waals surface area (Å²) in [6, 6.07) is 10.1. The van der Waals surface area contributed by atoms with Crippen molar-refractivity contribution in [2.45, 2.75) is 31.9 Å². The van der Waals surface area contributed by atoms with Gasteiger partial charge < -0.3 is 15.4 Å². The minimum absolute atomic E-state index is 0.112. The van der Waals surface area contributed by atoms with E-state index in [1.54, 1.807) is 13.3 Å². The van der Waals surface area contributed by atoms with Crippen LogP contribution in [0, 0.1) is 0 Å². The van der Waals surface area contributed by atoms with E-state index in [1.807, 2.05) is 22.8 Å². The van der Waals surface area contributed by atoms with Gasteiger partial charge in [-0.1, -0.05) is 30.3 Å². The second kappa shape index (κ2) is 6.11. The SMILES string of the molecule is C[C@H](O)[C@@H](CCc1ccccc1)n1cnc2c(N)ncnc21. The summed E-state index contributed by atoms with van der Waals surface area (Å²) in [5, 5.41) is 10.2. The molecule has 0 aliphatic rings. The highest BCUT2D eigenvalue weighted by Gasteiger charge is 2.20. The molecule has 0 saturated heterocycles. The number of fused-ring (bicyclic) bond motifs is 1. The Labute approximate surface area is 128 Å². The van der Waals surface area contributed by atoms with Crippen LogP contribution in [-0.4, -0.2) is 30.7 Å². The van der Waals surface area contributed by atoms with Crippen molar-refractivity contribution in [2.24, 2.45) is 0 Å². The highest BCUT2D eigenvalue weighted by molar-refractivity contribution is 5.81. The van der Waals surface area contributed by atoms with Gasteiger partial charge in [0.15, 0.2) is 11.5 Å². The van der Waals surface area contributed by atoms with Crippen molar-refractivity contribution < 1.29 is 5.11 Å². The van der Waals surface area contributed by atoms with Crippen LogP contribution in [0.5, 0.6) is 0 Å². The number of imidazole rings is 1. The fourth-order valence-corrected chi connectivity index (χ4v) is 2.68. The summed E-state index contributed by atoms with van der Waals surface area (Å²) in [4.78, 5) is 12.5. The van der Waals surface area contributed by atoms with Gasteiger partial charge in [0.1, 0.15) is 11.8 Å². The predicted molar refractivity (Wildman–Crippen MR) is 85.2 cm³/mol. The highest BCUT2D eigenvalue weighted by Crippen LogP contribution is 2.24. The molecule has 22 heavy (non-hydrogen) atoms. The average molecular weight is 297 g/mol. The molecule has 114 valence electrons. The zero-order chi connectivity index (χ0) is 15.5. The molecule has 2 heterocycles. The lowest BCUT2D eigenvalue weighted by molar-refractivity contribution is 0.126. The van der Waals surface area contributed by atoms with Crippen LogP contribution in [0.3, 0.4) is 0 Å².